The minimum Gasteiger partial charge on any atom is -0.380 e. The second-order valence-corrected chi connectivity index (χ2v) is 2.59. The molecule has 0 fully saturated rings. The highest BCUT2D eigenvalue weighted by atomic mass is 16.5. The number of hydrogen-bond donors (Lipinski definition) is 2. The van der Waals surface area contributed by atoms with E-state index in [-0.39, 0.29) is 0 Å². The van der Waals surface area contributed by atoms with Crippen LogP contribution in [0.25, 0.3) is 0 Å². The van der Waals surface area contributed by atoms with E-state index >= 15 is 0 Å². The largest absolute Gasteiger partial charge is 0.380 e. The molecule has 0 aliphatic heterocycles. The molecule has 0 aromatic carbocycles. The quantitative estimate of drug-likeness (QED) is 0.330. The van der Waals surface area contributed by atoms with Crippen molar-refractivity contribution in [1.82, 2.24) is 5.32 Å². The Kier molecular flexibility index (Phi) is 9.68. The van der Waals surface area contributed by atoms with Crippen LogP contribution < -0.4 is 11.1 Å². The van der Waals surface area contributed by atoms with Gasteiger partial charge in [-0.05, 0) is 13.8 Å². The van der Waals surface area contributed by atoms with Crippen LogP contribution in [-0.2, 0) is 9.47 Å². The van der Waals surface area contributed by atoms with Crippen LogP contribution >= 0.6 is 0 Å². The van der Waals surface area contributed by atoms with E-state index in [9.17, 15) is 0 Å². The van der Waals surface area contributed by atoms with Gasteiger partial charge in [-0.25, -0.2) is 0 Å². The summed E-state index contributed by atoms with van der Waals surface area (Å²) in [5, 5.41) is 2.94. The number of rotatable bonds is 8. The van der Waals surface area contributed by atoms with Gasteiger partial charge in [0.2, 0.25) is 0 Å². The maximum absolute atomic E-state index is 5.57. The van der Waals surface area contributed by atoms with Crippen molar-refractivity contribution < 1.29 is 9.47 Å². The van der Waals surface area contributed by atoms with Crippen LogP contribution in [0.4, 0.5) is 0 Å². The van der Waals surface area contributed by atoms with E-state index in [1.54, 1.807) is 0 Å². The number of ether oxygens (including phenoxy) is 2. The van der Waals surface area contributed by atoms with Crippen LogP contribution in [0.3, 0.4) is 0 Å². The average molecular weight is 203 g/mol. The van der Waals surface area contributed by atoms with Crippen molar-refractivity contribution in [3.8, 4) is 0 Å². The van der Waals surface area contributed by atoms with Gasteiger partial charge < -0.3 is 20.5 Å². The lowest BCUT2D eigenvalue weighted by molar-refractivity contribution is 0.152. The number of guanidine groups is 1. The molecular weight excluding hydrogens is 182 g/mol. The third-order valence-electron chi connectivity index (χ3n) is 1.48. The molecule has 0 amide bonds. The number of nitrogens with zero attached hydrogens (tertiary/aromatic N) is 1. The zero-order valence-electron chi connectivity index (χ0n) is 9.08. The van der Waals surface area contributed by atoms with Crippen molar-refractivity contribution in [2.24, 2.45) is 10.7 Å². The molecule has 5 nitrogen and oxygen atoms in total. The standard InChI is InChI=1S/C9H21N3O2/c1-3-13-7-5-11-9(10)12-6-8-14-4-2/h3-8H2,1-2H3,(H3,10,11,12). The van der Waals surface area contributed by atoms with E-state index in [2.05, 4.69) is 10.3 Å². The third-order valence-corrected chi connectivity index (χ3v) is 1.48. The molecule has 0 aromatic rings. The van der Waals surface area contributed by atoms with Gasteiger partial charge in [-0.2, -0.15) is 0 Å². The van der Waals surface area contributed by atoms with E-state index in [1.165, 1.54) is 0 Å². The van der Waals surface area contributed by atoms with Gasteiger partial charge in [0.25, 0.3) is 0 Å². The third kappa shape index (κ3) is 9.28. The maximum Gasteiger partial charge on any atom is 0.188 e. The molecule has 0 radical (unpaired) electrons. The number of aliphatic imine (C=N–C) groups is 1. The Morgan fingerprint density at radius 2 is 1.86 bits per heavy atom. The second kappa shape index (κ2) is 10.3. The van der Waals surface area contributed by atoms with Crippen molar-refractivity contribution in [2.45, 2.75) is 13.8 Å². The van der Waals surface area contributed by atoms with E-state index in [4.69, 9.17) is 15.2 Å². The molecule has 0 aliphatic carbocycles. The summed E-state index contributed by atoms with van der Waals surface area (Å²) in [5.41, 5.74) is 5.57. The first-order valence-corrected chi connectivity index (χ1v) is 5.00. The van der Waals surface area contributed by atoms with Crippen molar-refractivity contribution in [3.63, 3.8) is 0 Å². The average Bonchev–Trinajstić information content (AvgIpc) is 2.19. The van der Waals surface area contributed by atoms with E-state index in [0.717, 1.165) is 6.61 Å². The minimum absolute atomic E-state index is 0.449. The smallest absolute Gasteiger partial charge is 0.188 e. The molecule has 14 heavy (non-hydrogen) atoms. The van der Waals surface area contributed by atoms with Crippen LogP contribution in [0.15, 0.2) is 4.99 Å². The zero-order chi connectivity index (χ0) is 10.6. The molecule has 0 spiro atoms. The molecule has 0 aliphatic rings. The summed E-state index contributed by atoms with van der Waals surface area (Å²) in [5.74, 6) is 0.449. The summed E-state index contributed by atoms with van der Waals surface area (Å²) in [7, 11) is 0. The van der Waals surface area contributed by atoms with Crippen molar-refractivity contribution in [1.29, 1.82) is 0 Å². The first-order valence-electron chi connectivity index (χ1n) is 5.00. The molecule has 0 aromatic heterocycles. The summed E-state index contributed by atoms with van der Waals surface area (Å²) in [6.07, 6.45) is 0. The summed E-state index contributed by atoms with van der Waals surface area (Å²) < 4.78 is 10.2. The molecule has 0 unspecified atom stereocenters. The number of nitrogens with one attached hydrogen (secondary N) is 1. The van der Waals surface area contributed by atoms with Gasteiger partial charge >= 0.3 is 0 Å². The fourth-order valence-electron chi connectivity index (χ4n) is 0.826. The highest BCUT2D eigenvalue weighted by Gasteiger charge is 1.90. The summed E-state index contributed by atoms with van der Waals surface area (Å²) in [6, 6.07) is 0. The Bertz CT molecular complexity index is 151. The molecular formula is C9H21N3O2. The Hall–Kier alpha value is -0.810. The van der Waals surface area contributed by atoms with E-state index < -0.39 is 0 Å². The van der Waals surface area contributed by atoms with Crippen LogP contribution in [0.2, 0.25) is 0 Å². The molecule has 0 bridgehead atoms. The lowest BCUT2D eigenvalue weighted by atomic mass is 10.6. The summed E-state index contributed by atoms with van der Waals surface area (Å²) in [6.45, 7) is 7.91. The van der Waals surface area contributed by atoms with E-state index in [0.29, 0.717) is 38.9 Å². The molecule has 0 saturated heterocycles. The molecule has 0 rings (SSSR count). The Morgan fingerprint density at radius 1 is 1.21 bits per heavy atom. The molecule has 0 atom stereocenters. The van der Waals surface area contributed by atoms with Gasteiger partial charge in [-0.3, -0.25) is 4.99 Å². The minimum atomic E-state index is 0.449. The monoisotopic (exact) mass is 203 g/mol. The van der Waals surface area contributed by atoms with Crippen LogP contribution in [-0.4, -0.2) is 45.5 Å². The van der Waals surface area contributed by atoms with E-state index in [1.807, 2.05) is 13.8 Å². The molecule has 84 valence electrons. The highest BCUT2D eigenvalue weighted by Crippen LogP contribution is 1.76. The predicted octanol–water partition coefficient (Wildman–Crippen LogP) is -0.0363. The Balaban J connectivity index is 3.28. The summed E-state index contributed by atoms with van der Waals surface area (Å²) in [4.78, 5) is 4.06. The highest BCUT2D eigenvalue weighted by molar-refractivity contribution is 5.77. The first-order chi connectivity index (χ1) is 6.81. The molecule has 3 N–H and O–H groups in total. The Labute approximate surface area is 85.7 Å². The van der Waals surface area contributed by atoms with Crippen LogP contribution in [0.5, 0.6) is 0 Å². The number of hydrogen-bond acceptors (Lipinski definition) is 3. The van der Waals surface area contributed by atoms with Gasteiger partial charge in [0.1, 0.15) is 0 Å². The van der Waals surface area contributed by atoms with Gasteiger partial charge in [-0.15, -0.1) is 0 Å². The number of nitrogens with two attached hydrogens (primary N) is 1. The zero-order valence-corrected chi connectivity index (χ0v) is 9.08. The normalized spacial score (nSPS) is 11.7. The topological polar surface area (TPSA) is 68.9 Å². The van der Waals surface area contributed by atoms with Crippen molar-refractivity contribution in [3.05, 3.63) is 0 Å². The van der Waals surface area contributed by atoms with Crippen LogP contribution in [0, 0.1) is 0 Å². The summed E-state index contributed by atoms with van der Waals surface area (Å²) >= 11 is 0. The van der Waals surface area contributed by atoms with Gasteiger partial charge in [-0.1, -0.05) is 0 Å². The van der Waals surface area contributed by atoms with Crippen molar-refractivity contribution >= 4 is 5.96 Å². The van der Waals surface area contributed by atoms with Gasteiger partial charge in [0.05, 0.1) is 19.8 Å². The fraction of sp³-hybridized carbons (Fsp3) is 0.889. The predicted molar refractivity (Wildman–Crippen MR) is 57.5 cm³/mol. The maximum atomic E-state index is 5.57. The molecule has 0 heterocycles. The molecule has 0 saturated carbocycles. The molecule has 5 heteroatoms. The Morgan fingerprint density at radius 3 is 2.50 bits per heavy atom. The first kappa shape index (κ1) is 13.2. The lowest BCUT2D eigenvalue weighted by Gasteiger charge is -2.05. The van der Waals surface area contributed by atoms with Crippen molar-refractivity contribution in [2.75, 3.05) is 39.5 Å². The van der Waals surface area contributed by atoms with Gasteiger partial charge in [0.15, 0.2) is 5.96 Å². The van der Waals surface area contributed by atoms with Gasteiger partial charge in [0, 0.05) is 19.8 Å². The lowest BCUT2D eigenvalue weighted by Crippen LogP contribution is -2.34. The SMILES string of the molecule is CCOCCN=C(N)NCCOCC. The second-order valence-electron chi connectivity index (χ2n) is 2.59. The fourth-order valence-corrected chi connectivity index (χ4v) is 0.826. The van der Waals surface area contributed by atoms with Crippen LogP contribution in [0.1, 0.15) is 13.8 Å².